The third-order valence-corrected chi connectivity index (χ3v) is 5.37. The smallest absolute Gasteiger partial charge is 0.220 e. The monoisotopic (exact) mass is 409 g/mol. The molecular formula is C13H32ClN3O3S3. The molecule has 0 fully saturated rings. The molecule has 0 aromatic rings. The lowest BCUT2D eigenvalue weighted by Gasteiger charge is -2.04. The Kier molecular flexibility index (Phi) is 34.0. The number of nitrogens with one attached hydrogen (secondary N) is 1. The third kappa shape index (κ3) is 31.0. The Labute approximate surface area is 159 Å². The van der Waals surface area contributed by atoms with Crippen LogP contribution in [-0.2, 0) is 14.3 Å². The van der Waals surface area contributed by atoms with Crippen LogP contribution in [0.15, 0.2) is 0 Å². The summed E-state index contributed by atoms with van der Waals surface area (Å²) in [6, 6.07) is 0. The van der Waals surface area contributed by atoms with Crippen LogP contribution >= 0.6 is 45.8 Å². The molecule has 6 nitrogen and oxygen atoms in total. The molecule has 1 amide bonds. The lowest BCUT2D eigenvalue weighted by molar-refractivity contribution is -0.121. The van der Waals surface area contributed by atoms with E-state index in [2.05, 4.69) is 5.32 Å². The zero-order valence-electron chi connectivity index (χ0n) is 14.1. The first-order chi connectivity index (χ1) is 10.7. The molecule has 0 bridgehead atoms. The minimum absolute atomic E-state index is 0. The highest BCUT2D eigenvalue weighted by atomic mass is 35.5. The van der Waals surface area contributed by atoms with E-state index in [1.165, 1.54) is 0 Å². The minimum atomic E-state index is 0. The molecular weight excluding hydrogens is 378 g/mol. The van der Waals surface area contributed by atoms with E-state index in [0.717, 1.165) is 36.8 Å². The Bertz CT molecular complexity index is 228. The van der Waals surface area contributed by atoms with E-state index in [1.807, 2.05) is 0 Å². The van der Waals surface area contributed by atoms with Gasteiger partial charge < -0.3 is 26.3 Å². The van der Waals surface area contributed by atoms with Gasteiger partial charge in [-0.1, -0.05) is 21.6 Å². The van der Waals surface area contributed by atoms with E-state index in [0.29, 0.717) is 25.5 Å². The number of methoxy groups -OCH3 is 2. The van der Waals surface area contributed by atoms with Gasteiger partial charge in [0, 0.05) is 64.1 Å². The molecule has 0 aliphatic rings. The van der Waals surface area contributed by atoms with Crippen LogP contribution in [-0.4, -0.2) is 69.6 Å². The summed E-state index contributed by atoms with van der Waals surface area (Å²) in [5.74, 6) is 3.73. The molecule has 0 saturated carbocycles. The van der Waals surface area contributed by atoms with Gasteiger partial charge in [0.15, 0.2) is 0 Å². The molecule has 0 atom stereocenters. The molecule has 0 aromatic carbocycles. The topological polar surface area (TPSA) is 99.6 Å². The SMILES string of the molecule is COCCCC(=O)NCCSCOC.Cl.NCCSSCCN. The number of thioether (sulfide) groups is 1. The van der Waals surface area contributed by atoms with Gasteiger partial charge in [-0.15, -0.1) is 24.2 Å². The molecule has 5 N–H and O–H groups in total. The van der Waals surface area contributed by atoms with Crippen LogP contribution in [0.5, 0.6) is 0 Å². The first-order valence-corrected chi connectivity index (χ1v) is 10.8. The van der Waals surface area contributed by atoms with Crippen LogP contribution in [0.3, 0.4) is 0 Å². The summed E-state index contributed by atoms with van der Waals surface area (Å²) in [6.07, 6.45) is 1.33. The van der Waals surface area contributed by atoms with Gasteiger partial charge in [-0.05, 0) is 6.42 Å². The van der Waals surface area contributed by atoms with Crippen LogP contribution in [0.25, 0.3) is 0 Å². The van der Waals surface area contributed by atoms with Gasteiger partial charge in [-0.3, -0.25) is 4.79 Å². The molecule has 0 aromatic heterocycles. The zero-order valence-corrected chi connectivity index (χ0v) is 17.3. The fourth-order valence-electron chi connectivity index (χ4n) is 1.08. The van der Waals surface area contributed by atoms with Gasteiger partial charge in [0.2, 0.25) is 5.91 Å². The van der Waals surface area contributed by atoms with Crippen molar-refractivity contribution in [3.63, 3.8) is 0 Å². The maximum Gasteiger partial charge on any atom is 0.220 e. The van der Waals surface area contributed by atoms with Crippen LogP contribution in [0.1, 0.15) is 12.8 Å². The Hall–Kier alpha value is 0.650. The molecule has 0 radical (unpaired) electrons. The normalized spacial score (nSPS) is 9.57. The van der Waals surface area contributed by atoms with Crippen molar-refractivity contribution in [2.45, 2.75) is 12.8 Å². The standard InChI is InChI=1S/C9H19NO3S.C4H12N2S2.ClH/c1-12-6-3-4-9(11)10-5-7-14-8-13-2;5-1-3-7-8-4-2-6;/h3-8H2,1-2H3,(H,10,11);1-6H2;1H. The van der Waals surface area contributed by atoms with Crippen LogP contribution < -0.4 is 16.8 Å². The van der Waals surface area contributed by atoms with Crippen molar-refractivity contribution in [1.82, 2.24) is 5.32 Å². The number of hydrogen-bond donors (Lipinski definition) is 3. The first-order valence-electron chi connectivity index (χ1n) is 7.19. The van der Waals surface area contributed by atoms with Crippen LogP contribution in [0, 0.1) is 0 Å². The van der Waals surface area contributed by atoms with Crippen LogP contribution in [0.4, 0.5) is 0 Å². The Morgan fingerprint density at radius 2 is 1.65 bits per heavy atom. The predicted octanol–water partition coefficient (Wildman–Crippen LogP) is 1.57. The van der Waals surface area contributed by atoms with Crippen molar-refractivity contribution in [3.05, 3.63) is 0 Å². The van der Waals surface area contributed by atoms with Gasteiger partial charge in [-0.2, -0.15) is 0 Å². The van der Waals surface area contributed by atoms with Gasteiger partial charge in [0.05, 0.1) is 5.94 Å². The summed E-state index contributed by atoms with van der Waals surface area (Å²) in [4.78, 5) is 11.1. The van der Waals surface area contributed by atoms with Gasteiger partial charge >= 0.3 is 0 Å². The number of rotatable bonds is 14. The third-order valence-electron chi connectivity index (χ3n) is 2.01. The predicted molar refractivity (Wildman–Crippen MR) is 109 cm³/mol. The van der Waals surface area contributed by atoms with E-state index in [1.54, 1.807) is 47.6 Å². The van der Waals surface area contributed by atoms with E-state index < -0.39 is 0 Å². The second kappa shape index (κ2) is 27.5. The highest BCUT2D eigenvalue weighted by Crippen LogP contribution is 2.18. The maximum atomic E-state index is 11.1. The van der Waals surface area contributed by atoms with Crippen molar-refractivity contribution in [2.75, 3.05) is 63.7 Å². The summed E-state index contributed by atoms with van der Waals surface area (Å²) in [7, 11) is 6.88. The molecule has 0 heterocycles. The highest BCUT2D eigenvalue weighted by molar-refractivity contribution is 8.76. The van der Waals surface area contributed by atoms with E-state index in [4.69, 9.17) is 20.9 Å². The summed E-state index contributed by atoms with van der Waals surface area (Å²) in [5, 5.41) is 2.83. The van der Waals surface area contributed by atoms with Crippen LogP contribution in [0.2, 0.25) is 0 Å². The van der Waals surface area contributed by atoms with E-state index >= 15 is 0 Å². The number of amides is 1. The van der Waals surface area contributed by atoms with E-state index in [-0.39, 0.29) is 18.3 Å². The fourth-order valence-corrected chi connectivity index (χ4v) is 3.33. The average molecular weight is 410 g/mol. The van der Waals surface area contributed by atoms with E-state index in [9.17, 15) is 4.79 Å². The van der Waals surface area contributed by atoms with Gasteiger partial charge in [0.25, 0.3) is 0 Å². The largest absolute Gasteiger partial charge is 0.385 e. The summed E-state index contributed by atoms with van der Waals surface area (Å²) >= 11 is 1.66. The van der Waals surface area contributed by atoms with Crippen molar-refractivity contribution in [3.8, 4) is 0 Å². The van der Waals surface area contributed by atoms with Crippen molar-refractivity contribution in [1.29, 1.82) is 0 Å². The second-order valence-corrected chi connectivity index (χ2v) is 7.74. The van der Waals surface area contributed by atoms with Gasteiger partial charge in [-0.25, -0.2) is 0 Å². The number of hydrogen-bond acceptors (Lipinski definition) is 8. The molecule has 0 aliphatic heterocycles. The summed E-state index contributed by atoms with van der Waals surface area (Å²) < 4.78 is 9.71. The van der Waals surface area contributed by atoms with Crippen molar-refractivity contribution < 1.29 is 14.3 Å². The maximum absolute atomic E-state index is 11.1. The summed E-state index contributed by atoms with van der Waals surface area (Å²) in [5.41, 5.74) is 10.5. The fraction of sp³-hybridized carbons (Fsp3) is 0.923. The number of carbonyl (C=O) groups excluding carboxylic acids is 1. The molecule has 0 unspecified atom stereocenters. The molecule has 23 heavy (non-hydrogen) atoms. The Balaban J connectivity index is -0.000000382. The molecule has 0 aliphatic carbocycles. The molecule has 0 saturated heterocycles. The minimum Gasteiger partial charge on any atom is -0.385 e. The number of ether oxygens (including phenoxy) is 2. The number of nitrogens with two attached hydrogens (primary N) is 2. The number of halogens is 1. The molecule has 10 heteroatoms. The lowest BCUT2D eigenvalue weighted by Crippen LogP contribution is -2.25. The quantitative estimate of drug-likeness (QED) is 0.226. The number of carbonyl (C=O) groups is 1. The molecule has 142 valence electrons. The molecule has 0 rings (SSSR count). The summed E-state index contributed by atoms with van der Waals surface area (Å²) in [6.45, 7) is 2.89. The molecule has 0 spiro atoms. The van der Waals surface area contributed by atoms with Gasteiger partial charge in [0.1, 0.15) is 0 Å². The average Bonchev–Trinajstić information content (AvgIpc) is 2.52. The second-order valence-electron chi connectivity index (χ2n) is 3.98. The highest BCUT2D eigenvalue weighted by Gasteiger charge is 1.99. The zero-order chi connectivity index (χ0) is 16.9. The Morgan fingerprint density at radius 1 is 1.04 bits per heavy atom. The Morgan fingerprint density at radius 3 is 2.13 bits per heavy atom. The van der Waals surface area contributed by atoms with Crippen molar-refractivity contribution >= 4 is 51.7 Å². The van der Waals surface area contributed by atoms with Crippen molar-refractivity contribution in [2.24, 2.45) is 11.5 Å². The first kappa shape index (κ1) is 28.5. The lowest BCUT2D eigenvalue weighted by atomic mass is 10.3.